The summed E-state index contributed by atoms with van der Waals surface area (Å²) in [7, 11) is 0. The number of halogens is 3. The van der Waals surface area contributed by atoms with Crippen LogP contribution in [0.2, 0.25) is 0 Å². The number of benzene rings is 1. The van der Waals surface area contributed by atoms with Crippen LogP contribution in [-0.2, 0) is 4.79 Å². The van der Waals surface area contributed by atoms with Crippen molar-refractivity contribution >= 4 is 59.4 Å². The highest BCUT2D eigenvalue weighted by atomic mass is 79.9. The molecule has 0 radical (unpaired) electrons. The van der Waals surface area contributed by atoms with E-state index in [1.165, 1.54) is 0 Å². The lowest BCUT2D eigenvalue weighted by Crippen LogP contribution is -2.30. The number of hydrogen-bond donors (Lipinski definition) is 2. The maximum absolute atomic E-state index is 11.5. The van der Waals surface area contributed by atoms with Gasteiger partial charge in [0.1, 0.15) is 0 Å². The van der Waals surface area contributed by atoms with E-state index >= 15 is 0 Å². The monoisotopic (exact) mass is 426 g/mol. The summed E-state index contributed by atoms with van der Waals surface area (Å²) in [5, 5.41) is 5.90. The molecule has 0 unspecified atom stereocenters. The van der Waals surface area contributed by atoms with Crippen LogP contribution in [0.25, 0.3) is 0 Å². The Morgan fingerprint density at radius 1 is 1.24 bits per heavy atom. The average molecular weight is 429 g/mol. The van der Waals surface area contributed by atoms with Crippen molar-refractivity contribution in [3.63, 3.8) is 0 Å². The molecule has 94 valence electrons. The smallest absolute Gasteiger partial charge is 0.239 e. The molecular weight excluding hydrogens is 416 g/mol. The molecule has 17 heavy (non-hydrogen) atoms. The van der Waals surface area contributed by atoms with Gasteiger partial charge < -0.3 is 10.6 Å². The van der Waals surface area contributed by atoms with E-state index in [0.29, 0.717) is 6.54 Å². The van der Waals surface area contributed by atoms with Crippen molar-refractivity contribution in [2.75, 3.05) is 18.4 Å². The minimum Gasteiger partial charge on any atom is -0.374 e. The van der Waals surface area contributed by atoms with E-state index in [4.69, 9.17) is 0 Å². The molecule has 0 fully saturated rings. The molecule has 0 aliphatic carbocycles. The summed E-state index contributed by atoms with van der Waals surface area (Å²) in [4.78, 5) is 11.5. The second kappa shape index (κ2) is 7.38. The first-order valence-electron chi connectivity index (χ1n) is 5.19. The van der Waals surface area contributed by atoms with Crippen molar-refractivity contribution in [2.24, 2.45) is 0 Å². The zero-order valence-electron chi connectivity index (χ0n) is 9.32. The van der Waals surface area contributed by atoms with Gasteiger partial charge in [-0.2, -0.15) is 0 Å². The number of amides is 1. The highest BCUT2D eigenvalue weighted by Crippen LogP contribution is 2.34. The molecule has 3 nitrogen and oxygen atoms in total. The standard InChI is InChI=1S/C11H13Br3N2O/c1-2-3-15-10(17)6-16-11-8(13)4-7(12)5-9(11)14/h4-5,16H,2-3,6H2,1H3,(H,15,17). The minimum atomic E-state index is -0.00595. The molecule has 0 atom stereocenters. The Morgan fingerprint density at radius 3 is 2.35 bits per heavy atom. The van der Waals surface area contributed by atoms with E-state index in [2.05, 4.69) is 58.4 Å². The molecule has 0 bridgehead atoms. The van der Waals surface area contributed by atoms with Crippen molar-refractivity contribution in [1.29, 1.82) is 0 Å². The third-order valence-corrected chi connectivity index (χ3v) is 3.71. The number of carbonyl (C=O) groups excluding carboxylic acids is 1. The van der Waals surface area contributed by atoms with Gasteiger partial charge in [0.25, 0.3) is 0 Å². The molecule has 1 amide bonds. The molecule has 0 spiro atoms. The zero-order valence-corrected chi connectivity index (χ0v) is 14.1. The van der Waals surface area contributed by atoms with Crippen LogP contribution >= 0.6 is 47.8 Å². The number of anilines is 1. The predicted octanol–water partition coefficient (Wildman–Crippen LogP) is 3.91. The van der Waals surface area contributed by atoms with E-state index in [0.717, 1.165) is 25.5 Å². The first kappa shape index (κ1) is 15.0. The zero-order chi connectivity index (χ0) is 12.8. The van der Waals surface area contributed by atoms with Crippen molar-refractivity contribution in [2.45, 2.75) is 13.3 Å². The second-order valence-corrected chi connectivity index (χ2v) is 6.07. The summed E-state index contributed by atoms with van der Waals surface area (Å²) in [5.41, 5.74) is 0.875. The predicted molar refractivity (Wildman–Crippen MR) is 81.3 cm³/mol. The Hall–Kier alpha value is -0.0700. The summed E-state index contributed by atoms with van der Waals surface area (Å²) in [5.74, 6) is -0.00595. The van der Waals surface area contributed by atoms with Crippen molar-refractivity contribution in [1.82, 2.24) is 5.32 Å². The molecule has 1 aromatic rings. The Bertz CT molecular complexity index is 387. The van der Waals surface area contributed by atoms with Crippen LogP contribution < -0.4 is 10.6 Å². The van der Waals surface area contributed by atoms with Crippen LogP contribution in [0.1, 0.15) is 13.3 Å². The third kappa shape index (κ3) is 4.97. The second-order valence-electron chi connectivity index (χ2n) is 3.45. The van der Waals surface area contributed by atoms with Gasteiger partial charge in [0.2, 0.25) is 5.91 Å². The molecule has 0 aromatic heterocycles. The molecule has 6 heteroatoms. The summed E-state index contributed by atoms with van der Waals surface area (Å²) >= 11 is 10.3. The van der Waals surface area contributed by atoms with E-state index in [1.807, 2.05) is 19.1 Å². The fourth-order valence-corrected chi connectivity index (χ4v) is 3.75. The number of carbonyl (C=O) groups is 1. The molecule has 0 saturated heterocycles. The van der Waals surface area contributed by atoms with E-state index in [-0.39, 0.29) is 12.5 Å². The Labute approximate surface area is 126 Å². The van der Waals surface area contributed by atoms with Crippen LogP contribution in [0.4, 0.5) is 5.69 Å². The van der Waals surface area contributed by atoms with Gasteiger partial charge in [0.05, 0.1) is 12.2 Å². The lowest BCUT2D eigenvalue weighted by Gasteiger charge is -2.11. The lowest BCUT2D eigenvalue weighted by atomic mass is 10.3. The van der Waals surface area contributed by atoms with Gasteiger partial charge in [-0.25, -0.2) is 0 Å². The first-order chi connectivity index (χ1) is 8.04. The van der Waals surface area contributed by atoms with Gasteiger partial charge in [0, 0.05) is 20.0 Å². The van der Waals surface area contributed by atoms with Gasteiger partial charge in [-0.1, -0.05) is 22.9 Å². The van der Waals surface area contributed by atoms with Crippen molar-refractivity contribution in [3.8, 4) is 0 Å². The Morgan fingerprint density at radius 2 is 1.82 bits per heavy atom. The van der Waals surface area contributed by atoms with E-state index < -0.39 is 0 Å². The molecule has 1 aromatic carbocycles. The highest BCUT2D eigenvalue weighted by molar-refractivity contribution is 9.11. The number of nitrogens with one attached hydrogen (secondary N) is 2. The fraction of sp³-hybridized carbons (Fsp3) is 0.364. The maximum atomic E-state index is 11.5. The van der Waals surface area contributed by atoms with Gasteiger partial charge in [-0.05, 0) is 50.4 Å². The lowest BCUT2D eigenvalue weighted by molar-refractivity contribution is -0.119. The van der Waals surface area contributed by atoms with E-state index in [9.17, 15) is 4.79 Å². The first-order valence-corrected chi connectivity index (χ1v) is 7.57. The van der Waals surface area contributed by atoms with Crippen LogP contribution in [0, 0.1) is 0 Å². The van der Waals surface area contributed by atoms with Crippen LogP contribution in [0.3, 0.4) is 0 Å². The van der Waals surface area contributed by atoms with Gasteiger partial charge in [-0.15, -0.1) is 0 Å². The average Bonchev–Trinajstić information content (AvgIpc) is 2.24. The van der Waals surface area contributed by atoms with Crippen LogP contribution in [-0.4, -0.2) is 19.0 Å². The summed E-state index contributed by atoms with van der Waals surface area (Å²) in [6.45, 7) is 3.00. The Kier molecular flexibility index (Phi) is 6.51. The largest absolute Gasteiger partial charge is 0.374 e. The molecule has 0 saturated carbocycles. The summed E-state index contributed by atoms with van der Waals surface area (Å²) in [6, 6.07) is 3.86. The van der Waals surface area contributed by atoms with Gasteiger partial charge >= 0.3 is 0 Å². The molecular formula is C11H13Br3N2O. The quantitative estimate of drug-likeness (QED) is 0.746. The third-order valence-electron chi connectivity index (χ3n) is 2.00. The normalized spacial score (nSPS) is 10.1. The van der Waals surface area contributed by atoms with Crippen molar-refractivity contribution < 1.29 is 4.79 Å². The van der Waals surface area contributed by atoms with E-state index in [1.54, 1.807) is 0 Å². The molecule has 0 aliphatic heterocycles. The number of rotatable bonds is 5. The molecule has 2 N–H and O–H groups in total. The molecule has 0 aliphatic rings. The molecule has 0 heterocycles. The minimum absolute atomic E-state index is 0.00595. The van der Waals surface area contributed by atoms with Crippen LogP contribution in [0.15, 0.2) is 25.6 Å². The Balaban J connectivity index is 2.60. The highest BCUT2D eigenvalue weighted by Gasteiger charge is 2.08. The SMILES string of the molecule is CCCNC(=O)CNc1c(Br)cc(Br)cc1Br. The number of hydrogen-bond acceptors (Lipinski definition) is 2. The van der Waals surface area contributed by atoms with Crippen molar-refractivity contribution in [3.05, 3.63) is 25.6 Å². The summed E-state index contributed by atoms with van der Waals surface area (Å²) < 4.78 is 2.78. The maximum Gasteiger partial charge on any atom is 0.239 e. The fourth-order valence-electron chi connectivity index (χ4n) is 1.21. The summed E-state index contributed by atoms with van der Waals surface area (Å²) in [6.07, 6.45) is 0.942. The van der Waals surface area contributed by atoms with Gasteiger partial charge in [0.15, 0.2) is 0 Å². The van der Waals surface area contributed by atoms with Gasteiger partial charge in [-0.3, -0.25) is 4.79 Å². The molecule has 1 rings (SSSR count). The van der Waals surface area contributed by atoms with Crippen LogP contribution in [0.5, 0.6) is 0 Å². The topological polar surface area (TPSA) is 41.1 Å².